The average Bonchev–Trinajstić information content (AvgIpc) is 3.43. The number of rotatable bonds is 6. The van der Waals surface area contributed by atoms with Crippen molar-refractivity contribution < 1.29 is 55.7 Å². The van der Waals surface area contributed by atoms with Gasteiger partial charge in [-0.3, -0.25) is 19.3 Å². The maximum absolute atomic E-state index is 13.9. The zero-order chi connectivity index (χ0) is 35.6. The normalized spacial score (nSPS) is 15.8. The molecule has 258 valence electrons. The third-order valence-electron chi connectivity index (χ3n) is 7.74. The molecule has 5 rings (SSSR count). The molecular weight excluding hydrogens is 654 g/mol. The number of hydrogen-bond donors (Lipinski definition) is 3. The topological polar surface area (TPSA) is 162 Å². The van der Waals surface area contributed by atoms with E-state index in [0.717, 1.165) is 4.68 Å². The quantitative estimate of drug-likeness (QED) is 0.334. The molecule has 3 heterocycles. The van der Waals surface area contributed by atoms with Gasteiger partial charge in [-0.25, -0.2) is 9.48 Å². The number of likely N-dealkylation sites (N-methyl/N-ethyl adjacent to an activating group) is 1. The van der Waals surface area contributed by atoms with Crippen LogP contribution in [0.15, 0.2) is 48.5 Å². The summed E-state index contributed by atoms with van der Waals surface area (Å²) in [7, 11) is 1.64. The van der Waals surface area contributed by atoms with Gasteiger partial charge in [-0.2, -0.15) is 31.4 Å². The van der Waals surface area contributed by atoms with E-state index in [0.29, 0.717) is 37.3 Å². The van der Waals surface area contributed by atoms with E-state index < -0.39 is 35.8 Å². The van der Waals surface area contributed by atoms with Crippen LogP contribution in [0.25, 0.3) is 5.69 Å². The minimum absolute atomic E-state index is 0.00312. The molecule has 1 fully saturated rings. The van der Waals surface area contributed by atoms with Gasteiger partial charge in [0.05, 0.1) is 18.3 Å². The average molecular weight is 685 g/mol. The van der Waals surface area contributed by atoms with Gasteiger partial charge in [0.25, 0.3) is 5.91 Å². The fraction of sp³-hybridized carbons (Fsp3) is 0.367. The summed E-state index contributed by atoms with van der Waals surface area (Å²) in [6, 6.07) is 12.2. The van der Waals surface area contributed by atoms with E-state index in [2.05, 4.69) is 5.10 Å². The van der Waals surface area contributed by atoms with Gasteiger partial charge in [0, 0.05) is 49.2 Å². The number of benzene rings is 2. The van der Waals surface area contributed by atoms with Crippen LogP contribution in [0.3, 0.4) is 0 Å². The monoisotopic (exact) mass is 684 g/mol. The summed E-state index contributed by atoms with van der Waals surface area (Å²) in [6.45, 7) is 1.48. The summed E-state index contributed by atoms with van der Waals surface area (Å²) in [5, 5.41) is 20.6. The van der Waals surface area contributed by atoms with E-state index in [-0.39, 0.29) is 54.0 Å². The molecule has 0 spiro atoms. The van der Waals surface area contributed by atoms with Crippen LogP contribution < -0.4 is 15.5 Å². The summed E-state index contributed by atoms with van der Waals surface area (Å²) in [5.74, 6) is -4.33. The smallest absolute Gasteiger partial charge is 0.475 e. The molecule has 0 saturated carbocycles. The molecule has 0 bridgehead atoms. The third kappa shape index (κ3) is 8.11. The van der Waals surface area contributed by atoms with Crippen LogP contribution in [-0.2, 0) is 22.2 Å². The van der Waals surface area contributed by atoms with E-state index in [1.807, 2.05) is 4.90 Å². The molecule has 3 amide bonds. The lowest BCUT2D eigenvalue weighted by molar-refractivity contribution is -0.192. The SMILES string of the molecule is CN(C(=O)CN1CCC(O)CC1)c1ccc(N2CCc3c(C(F)(F)F)nn(-c4cccc(C(N)=O)c4)c3C2=O)cc1.O=C(O)C(F)(F)F. The fourth-order valence-electron chi connectivity index (χ4n) is 5.19. The first kappa shape index (κ1) is 35.9. The Balaban J connectivity index is 0.000000671. The molecule has 0 unspecified atom stereocenters. The number of amides is 3. The van der Waals surface area contributed by atoms with Gasteiger partial charge in [-0.1, -0.05) is 6.07 Å². The predicted molar refractivity (Wildman–Crippen MR) is 158 cm³/mol. The number of primary amides is 1. The Bertz CT molecular complexity index is 1680. The molecule has 1 saturated heterocycles. The van der Waals surface area contributed by atoms with Gasteiger partial charge in [-0.15, -0.1) is 0 Å². The number of carboxylic acid groups (broad SMARTS) is 1. The molecule has 0 radical (unpaired) electrons. The largest absolute Gasteiger partial charge is 0.490 e. The number of hydrogen-bond acceptors (Lipinski definition) is 7. The number of halogens is 6. The fourth-order valence-corrected chi connectivity index (χ4v) is 5.19. The zero-order valence-corrected chi connectivity index (χ0v) is 25.3. The van der Waals surface area contributed by atoms with Gasteiger partial charge < -0.3 is 25.7 Å². The van der Waals surface area contributed by atoms with Gasteiger partial charge in [0.1, 0.15) is 5.69 Å². The van der Waals surface area contributed by atoms with Crippen molar-refractivity contribution in [2.45, 2.75) is 37.7 Å². The maximum atomic E-state index is 13.9. The van der Waals surface area contributed by atoms with E-state index in [1.165, 1.54) is 34.1 Å². The lowest BCUT2D eigenvalue weighted by Gasteiger charge is -2.30. The number of aliphatic hydroxyl groups excluding tert-OH is 1. The summed E-state index contributed by atoms with van der Waals surface area (Å²) in [6.07, 6.45) is -9.05. The molecule has 1 aromatic heterocycles. The second-order valence-corrected chi connectivity index (χ2v) is 11.0. The number of nitrogens with two attached hydrogens (primary N) is 1. The van der Waals surface area contributed by atoms with Gasteiger partial charge in [0.2, 0.25) is 11.8 Å². The predicted octanol–water partition coefficient (Wildman–Crippen LogP) is 3.25. The van der Waals surface area contributed by atoms with Crippen LogP contribution in [0.5, 0.6) is 0 Å². The van der Waals surface area contributed by atoms with Crippen molar-refractivity contribution in [3.63, 3.8) is 0 Å². The number of anilines is 2. The molecule has 0 aliphatic carbocycles. The number of piperidine rings is 1. The second kappa shape index (κ2) is 14.0. The van der Waals surface area contributed by atoms with Crippen molar-refractivity contribution in [3.8, 4) is 5.69 Å². The highest BCUT2D eigenvalue weighted by Gasteiger charge is 2.43. The Kier molecular flexibility index (Phi) is 10.5. The Morgan fingerprint density at radius 2 is 1.58 bits per heavy atom. The van der Waals surface area contributed by atoms with E-state index >= 15 is 0 Å². The Morgan fingerprint density at radius 3 is 2.12 bits per heavy atom. The molecule has 4 N–H and O–H groups in total. The number of carboxylic acids is 1. The van der Waals surface area contributed by atoms with Crippen LogP contribution in [0.4, 0.5) is 37.7 Å². The highest BCUT2D eigenvalue weighted by Crippen LogP contribution is 2.37. The minimum Gasteiger partial charge on any atom is -0.475 e. The number of nitrogens with zero attached hydrogens (tertiary/aromatic N) is 5. The van der Waals surface area contributed by atoms with Crippen molar-refractivity contribution in [2.24, 2.45) is 5.73 Å². The minimum atomic E-state index is -5.08. The Hall–Kier alpha value is -4.97. The van der Waals surface area contributed by atoms with Gasteiger partial charge >= 0.3 is 18.3 Å². The molecule has 18 heteroatoms. The molecule has 3 aromatic rings. The maximum Gasteiger partial charge on any atom is 0.490 e. The van der Waals surface area contributed by atoms with Crippen molar-refractivity contribution in [1.29, 1.82) is 0 Å². The Labute approximate surface area is 268 Å². The molecule has 2 aromatic carbocycles. The van der Waals surface area contributed by atoms with E-state index in [4.69, 9.17) is 15.6 Å². The van der Waals surface area contributed by atoms with E-state index in [9.17, 15) is 45.8 Å². The van der Waals surface area contributed by atoms with E-state index in [1.54, 1.807) is 31.3 Å². The van der Waals surface area contributed by atoms with Crippen LogP contribution in [0.2, 0.25) is 0 Å². The van der Waals surface area contributed by atoms with Crippen LogP contribution >= 0.6 is 0 Å². The van der Waals surface area contributed by atoms with Crippen LogP contribution in [-0.4, -0.2) is 94.1 Å². The highest BCUT2D eigenvalue weighted by atomic mass is 19.4. The number of fused-ring (bicyclic) bond motifs is 1. The summed E-state index contributed by atoms with van der Waals surface area (Å²) >= 11 is 0. The summed E-state index contributed by atoms with van der Waals surface area (Å²) in [4.78, 5) is 51.9. The number of carbonyl (C=O) groups is 4. The van der Waals surface area contributed by atoms with Crippen molar-refractivity contribution >= 4 is 35.1 Å². The molecule has 2 aliphatic rings. The zero-order valence-electron chi connectivity index (χ0n) is 25.3. The summed E-state index contributed by atoms with van der Waals surface area (Å²) < 4.78 is 74.3. The highest BCUT2D eigenvalue weighted by molar-refractivity contribution is 6.08. The number of aromatic nitrogens is 2. The first-order valence-corrected chi connectivity index (χ1v) is 14.4. The molecule has 2 aliphatic heterocycles. The van der Waals surface area contributed by atoms with Gasteiger partial charge in [-0.05, 0) is 61.7 Å². The Morgan fingerprint density at radius 1 is 0.979 bits per heavy atom. The first-order valence-electron chi connectivity index (χ1n) is 14.4. The lowest BCUT2D eigenvalue weighted by atomic mass is 10.0. The van der Waals surface area contributed by atoms with Crippen LogP contribution in [0.1, 0.15) is 44.9 Å². The van der Waals surface area contributed by atoms with Crippen molar-refractivity contribution in [1.82, 2.24) is 14.7 Å². The molecule has 48 heavy (non-hydrogen) atoms. The van der Waals surface area contributed by atoms with Gasteiger partial charge in [0.15, 0.2) is 5.69 Å². The number of aliphatic hydroxyl groups is 1. The van der Waals surface area contributed by atoms with Crippen LogP contribution in [0, 0.1) is 0 Å². The third-order valence-corrected chi connectivity index (χ3v) is 7.74. The number of alkyl halides is 6. The van der Waals surface area contributed by atoms with Crippen molar-refractivity contribution in [3.05, 3.63) is 71.0 Å². The molecular formula is C30H30F6N6O6. The first-order chi connectivity index (χ1) is 22.4. The molecule has 0 atom stereocenters. The number of carbonyl (C=O) groups excluding carboxylic acids is 3. The standard InChI is InChI=1S/C28H29F3N6O4.C2HF3O2/c1-34(23(39)16-35-12-9-21(38)10-13-35)18-5-7-19(8-6-18)36-14-11-22-24(27(36)41)37(33-25(22)28(29,30)31)20-4-2-3-17(15-20)26(32)40;3-2(4,5)1(6)7/h2-8,15,21,38H,9-14,16H2,1H3,(H2,32,40);(H,6,7). The molecule has 12 nitrogen and oxygen atoms in total. The number of likely N-dealkylation sites (tertiary alicyclic amines) is 1. The summed E-state index contributed by atoms with van der Waals surface area (Å²) in [5.41, 5.74) is 4.94. The lowest BCUT2D eigenvalue weighted by Crippen LogP contribution is -2.43. The van der Waals surface area contributed by atoms with Crippen molar-refractivity contribution in [2.75, 3.05) is 43.0 Å². The number of aliphatic carboxylic acids is 1. The second-order valence-electron chi connectivity index (χ2n) is 11.0.